The number of carboxylic acids is 2. The van der Waals surface area contributed by atoms with Gasteiger partial charge in [0.2, 0.25) is 0 Å². The molecule has 2 aromatic rings. The second-order valence-corrected chi connectivity index (χ2v) is 5.94. The molecule has 1 heterocycles. The van der Waals surface area contributed by atoms with Crippen LogP contribution in [-0.2, 0) is 9.59 Å². The van der Waals surface area contributed by atoms with E-state index in [0.717, 1.165) is 5.01 Å². The van der Waals surface area contributed by atoms with Crippen LogP contribution in [0.5, 0.6) is 5.75 Å². The van der Waals surface area contributed by atoms with Crippen LogP contribution >= 0.6 is 0 Å². The topological polar surface area (TPSA) is 117 Å². The molecule has 2 N–H and O–H groups in total. The van der Waals surface area contributed by atoms with E-state index in [2.05, 4.69) is 5.10 Å². The first-order valence-corrected chi connectivity index (χ1v) is 8.25. The smallest absolute Gasteiger partial charge is 0.341 e. The van der Waals surface area contributed by atoms with E-state index in [1.54, 1.807) is 43.3 Å². The number of benzene rings is 2. The maximum Gasteiger partial charge on any atom is 0.341 e. The van der Waals surface area contributed by atoms with E-state index in [1.165, 1.54) is 18.2 Å². The van der Waals surface area contributed by atoms with Crippen LogP contribution in [0.2, 0.25) is 0 Å². The van der Waals surface area contributed by atoms with Gasteiger partial charge in [-0.2, -0.15) is 10.1 Å². The van der Waals surface area contributed by atoms with Crippen LogP contribution < -0.4 is 9.75 Å². The maximum atomic E-state index is 12.8. The summed E-state index contributed by atoms with van der Waals surface area (Å²) in [4.78, 5) is 34.7. The van der Waals surface area contributed by atoms with Gasteiger partial charge >= 0.3 is 11.9 Å². The number of aromatic carboxylic acids is 1. The molecular formula is C20H16N2O6. The zero-order valence-corrected chi connectivity index (χ0v) is 14.8. The number of rotatable bonds is 6. The van der Waals surface area contributed by atoms with Crippen molar-refractivity contribution < 1.29 is 29.3 Å². The lowest BCUT2D eigenvalue weighted by Gasteiger charge is -2.12. The zero-order valence-electron chi connectivity index (χ0n) is 14.8. The Bertz CT molecular complexity index is 1020. The molecule has 0 aromatic heterocycles. The number of nitrogens with zero attached hydrogens (tertiary/aromatic N) is 2. The average molecular weight is 380 g/mol. The highest BCUT2D eigenvalue weighted by molar-refractivity contribution is 6.32. The Hall–Kier alpha value is -3.94. The molecule has 2 aromatic carbocycles. The molecule has 1 aliphatic heterocycles. The predicted molar refractivity (Wildman–Crippen MR) is 102 cm³/mol. The molecule has 1 aliphatic rings. The van der Waals surface area contributed by atoms with Crippen LogP contribution in [0.3, 0.4) is 0 Å². The molecule has 0 unspecified atom stereocenters. The van der Waals surface area contributed by atoms with Gasteiger partial charge in [0.05, 0.1) is 22.5 Å². The van der Waals surface area contributed by atoms with Crippen LogP contribution in [-0.4, -0.2) is 40.4 Å². The van der Waals surface area contributed by atoms with E-state index in [1.807, 2.05) is 0 Å². The molecule has 0 spiro atoms. The highest BCUT2D eigenvalue weighted by Gasteiger charge is 2.29. The summed E-state index contributed by atoms with van der Waals surface area (Å²) >= 11 is 0. The number of carboxylic acid groups (broad SMARTS) is 2. The van der Waals surface area contributed by atoms with Crippen molar-refractivity contribution in [2.45, 2.75) is 6.92 Å². The molecule has 8 nitrogen and oxygen atoms in total. The van der Waals surface area contributed by atoms with Gasteiger partial charge in [0.25, 0.3) is 5.91 Å². The number of para-hydroxylation sites is 1. The molecule has 3 rings (SSSR count). The van der Waals surface area contributed by atoms with Gasteiger partial charge in [0.15, 0.2) is 6.61 Å². The average Bonchev–Trinajstić information content (AvgIpc) is 2.95. The number of hydrogen-bond donors (Lipinski definition) is 2. The molecule has 1 amide bonds. The predicted octanol–water partition coefficient (Wildman–Crippen LogP) is 2.65. The number of carbonyl (C=O) groups excluding carboxylic acids is 1. The molecule has 0 saturated carbocycles. The highest BCUT2D eigenvalue weighted by atomic mass is 16.5. The van der Waals surface area contributed by atoms with Gasteiger partial charge in [-0.15, -0.1) is 0 Å². The number of ether oxygens (including phenoxy) is 1. The normalized spacial score (nSPS) is 14.9. The fourth-order valence-corrected chi connectivity index (χ4v) is 2.66. The molecule has 8 heteroatoms. The van der Waals surface area contributed by atoms with Crippen molar-refractivity contribution >= 4 is 35.3 Å². The lowest BCUT2D eigenvalue weighted by molar-refractivity contribution is -0.139. The summed E-state index contributed by atoms with van der Waals surface area (Å²) < 4.78 is 5.26. The summed E-state index contributed by atoms with van der Waals surface area (Å²) in [5.74, 6) is -2.31. The molecular weight excluding hydrogens is 364 g/mol. The summed E-state index contributed by atoms with van der Waals surface area (Å²) in [6.07, 6.45) is 1.57. The van der Waals surface area contributed by atoms with Crippen molar-refractivity contribution in [3.05, 3.63) is 65.2 Å². The summed E-state index contributed by atoms with van der Waals surface area (Å²) in [5, 5.41) is 23.3. The Morgan fingerprint density at radius 3 is 2.61 bits per heavy atom. The van der Waals surface area contributed by atoms with E-state index < -0.39 is 24.5 Å². The number of amides is 1. The van der Waals surface area contributed by atoms with Crippen molar-refractivity contribution in [3.8, 4) is 5.75 Å². The molecule has 0 bridgehead atoms. The van der Waals surface area contributed by atoms with E-state index >= 15 is 0 Å². The van der Waals surface area contributed by atoms with Gasteiger partial charge in [-0.3, -0.25) is 4.79 Å². The minimum atomic E-state index is -1.11. The van der Waals surface area contributed by atoms with Crippen molar-refractivity contribution in [1.82, 2.24) is 0 Å². The third-order valence-corrected chi connectivity index (χ3v) is 3.97. The molecule has 0 atom stereocenters. The number of carbonyl (C=O) groups is 3. The SMILES string of the molecule is CC1=NN(c2cccc(C(=O)O)c2)C(=O)/C1=C/c1ccccc1OCC(=O)O. The number of hydrogen-bond acceptors (Lipinski definition) is 5. The summed E-state index contributed by atoms with van der Waals surface area (Å²) in [7, 11) is 0. The highest BCUT2D eigenvalue weighted by Crippen LogP contribution is 2.28. The summed E-state index contributed by atoms with van der Waals surface area (Å²) in [5.41, 5.74) is 1.65. The first-order chi connectivity index (χ1) is 13.4. The van der Waals surface area contributed by atoms with E-state index in [4.69, 9.17) is 14.9 Å². The molecule has 142 valence electrons. The third kappa shape index (κ3) is 3.90. The van der Waals surface area contributed by atoms with E-state index in [0.29, 0.717) is 28.3 Å². The molecule has 28 heavy (non-hydrogen) atoms. The molecule has 0 saturated heterocycles. The Kier molecular flexibility index (Phi) is 5.21. The van der Waals surface area contributed by atoms with E-state index in [9.17, 15) is 14.4 Å². The fourth-order valence-electron chi connectivity index (χ4n) is 2.66. The largest absolute Gasteiger partial charge is 0.481 e. The van der Waals surface area contributed by atoms with Crippen LogP contribution in [0, 0.1) is 0 Å². The first kappa shape index (κ1) is 18.8. The molecule has 0 radical (unpaired) electrons. The van der Waals surface area contributed by atoms with E-state index in [-0.39, 0.29) is 5.56 Å². The van der Waals surface area contributed by atoms with Gasteiger partial charge in [0, 0.05) is 5.56 Å². The fraction of sp³-hybridized carbons (Fsp3) is 0.100. The van der Waals surface area contributed by atoms with Crippen LogP contribution in [0.1, 0.15) is 22.8 Å². The Labute approximate surface area is 160 Å². The summed E-state index contributed by atoms with van der Waals surface area (Å²) in [6.45, 7) is 1.15. The second-order valence-electron chi connectivity index (χ2n) is 5.94. The molecule has 0 fully saturated rings. The van der Waals surface area contributed by atoms with Gasteiger partial charge in [-0.1, -0.05) is 24.3 Å². The van der Waals surface area contributed by atoms with Gasteiger partial charge in [0.1, 0.15) is 5.75 Å². The lowest BCUT2D eigenvalue weighted by atomic mass is 10.1. The number of anilines is 1. The lowest BCUT2D eigenvalue weighted by Crippen LogP contribution is -2.21. The second kappa shape index (κ2) is 7.75. The summed E-state index contributed by atoms with van der Waals surface area (Å²) in [6, 6.07) is 12.6. The number of hydrazone groups is 1. The maximum absolute atomic E-state index is 12.8. The van der Waals surface area contributed by atoms with Crippen LogP contribution in [0.25, 0.3) is 6.08 Å². The quantitative estimate of drug-likeness (QED) is 0.744. The Balaban J connectivity index is 1.93. The van der Waals surface area contributed by atoms with Crippen molar-refractivity contribution in [3.63, 3.8) is 0 Å². The minimum Gasteiger partial charge on any atom is -0.481 e. The zero-order chi connectivity index (χ0) is 20.3. The van der Waals surface area contributed by atoms with Crippen LogP contribution in [0.4, 0.5) is 5.69 Å². The minimum absolute atomic E-state index is 0.0444. The van der Waals surface area contributed by atoms with Crippen molar-refractivity contribution in [2.75, 3.05) is 11.6 Å². The molecule has 0 aliphatic carbocycles. The Morgan fingerprint density at radius 1 is 1.14 bits per heavy atom. The monoisotopic (exact) mass is 380 g/mol. The van der Waals surface area contributed by atoms with Gasteiger partial charge in [-0.05, 0) is 37.3 Å². The van der Waals surface area contributed by atoms with Crippen molar-refractivity contribution in [2.24, 2.45) is 5.10 Å². The van der Waals surface area contributed by atoms with Gasteiger partial charge in [-0.25, -0.2) is 9.59 Å². The first-order valence-electron chi connectivity index (χ1n) is 8.25. The van der Waals surface area contributed by atoms with Gasteiger partial charge < -0.3 is 14.9 Å². The Morgan fingerprint density at radius 2 is 1.89 bits per heavy atom. The van der Waals surface area contributed by atoms with Crippen LogP contribution in [0.15, 0.2) is 59.2 Å². The number of aliphatic carboxylic acids is 1. The van der Waals surface area contributed by atoms with Crippen molar-refractivity contribution in [1.29, 1.82) is 0 Å². The standard InChI is InChI=1S/C20H16N2O6/c1-12-16(10-13-5-2-3-8-17(13)28-11-18(23)24)19(25)22(21-12)15-7-4-6-14(9-15)20(26)27/h2-10H,11H2,1H3,(H,23,24)(H,26,27)/b16-10+. The third-order valence-electron chi connectivity index (χ3n) is 3.97.